The fourth-order valence-corrected chi connectivity index (χ4v) is 2.75. The molecule has 1 heterocycles. The molecule has 2 unspecified atom stereocenters. The Balaban J connectivity index is 2.42. The number of hydrogen-bond donors (Lipinski definition) is 1. The van der Waals surface area contributed by atoms with Gasteiger partial charge < -0.3 is 14.8 Å². The average molecular weight is 253 g/mol. The van der Waals surface area contributed by atoms with E-state index in [4.69, 9.17) is 9.47 Å². The van der Waals surface area contributed by atoms with Crippen molar-refractivity contribution < 1.29 is 9.47 Å². The maximum Gasteiger partial charge on any atom is 0.133 e. The van der Waals surface area contributed by atoms with Gasteiger partial charge in [0.25, 0.3) is 0 Å². The standard InChI is InChI=1S/C13H19NO2S/c1-8-7-14-13(8)9-5-11(16-3)12(17-4)6-10(9)15-2/h5-6,8,13-14H,7H2,1-4H3. The Hall–Kier alpha value is -0.870. The zero-order valence-corrected chi connectivity index (χ0v) is 11.6. The van der Waals surface area contributed by atoms with Gasteiger partial charge in [-0.1, -0.05) is 6.92 Å². The topological polar surface area (TPSA) is 30.5 Å². The average Bonchev–Trinajstić information content (AvgIpc) is 2.36. The van der Waals surface area contributed by atoms with Crippen LogP contribution in [0.25, 0.3) is 0 Å². The first-order chi connectivity index (χ1) is 8.21. The van der Waals surface area contributed by atoms with Gasteiger partial charge in [0.05, 0.1) is 19.1 Å². The molecule has 0 aliphatic carbocycles. The molecule has 1 fully saturated rings. The quantitative estimate of drug-likeness (QED) is 0.836. The maximum atomic E-state index is 5.48. The first kappa shape index (κ1) is 12.6. The number of benzene rings is 1. The highest BCUT2D eigenvalue weighted by Gasteiger charge is 2.30. The van der Waals surface area contributed by atoms with Crippen LogP contribution in [0.5, 0.6) is 11.5 Å². The zero-order chi connectivity index (χ0) is 12.4. The van der Waals surface area contributed by atoms with Crippen LogP contribution in [0.2, 0.25) is 0 Å². The van der Waals surface area contributed by atoms with Crippen molar-refractivity contribution in [1.29, 1.82) is 0 Å². The number of nitrogens with one attached hydrogen (secondary N) is 1. The third kappa shape index (κ3) is 2.24. The third-order valence-corrected chi connectivity index (χ3v) is 4.06. The summed E-state index contributed by atoms with van der Waals surface area (Å²) in [6.45, 7) is 3.32. The molecule has 0 saturated carbocycles. The van der Waals surface area contributed by atoms with Crippen LogP contribution in [0.1, 0.15) is 18.5 Å². The molecule has 4 heteroatoms. The predicted octanol–water partition coefficient (Wildman–Crippen LogP) is 2.71. The molecule has 0 radical (unpaired) electrons. The molecular weight excluding hydrogens is 234 g/mol. The second-order valence-corrected chi connectivity index (χ2v) is 5.16. The SMILES string of the molecule is COc1cc(C2NCC2C)c(OC)cc1SC. The van der Waals surface area contributed by atoms with Crippen molar-refractivity contribution in [1.82, 2.24) is 5.32 Å². The van der Waals surface area contributed by atoms with E-state index in [-0.39, 0.29) is 0 Å². The van der Waals surface area contributed by atoms with Gasteiger partial charge in [0, 0.05) is 18.2 Å². The second-order valence-electron chi connectivity index (χ2n) is 4.31. The number of rotatable bonds is 4. The van der Waals surface area contributed by atoms with E-state index in [9.17, 15) is 0 Å². The minimum absolute atomic E-state index is 0.384. The Kier molecular flexibility index (Phi) is 3.84. The highest BCUT2D eigenvalue weighted by molar-refractivity contribution is 7.98. The van der Waals surface area contributed by atoms with E-state index in [1.54, 1.807) is 26.0 Å². The van der Waals surface area contributed by atoms with Crippen LogP contribution in [0.3, 0.4) is 0 Å². The molecule has 0 bridgehead atoms. The van der Waals surface area contributed by atoms with Crippen molar-refractivity contribution in [2.24, 2.45) is 5.92 Å². The molecule has 1 aromatic carbocycles. The molecule has 0 amide bonds. The van der Waals surface area contributed by atoms with Crippen molar-refractivity contribution in [2.45, 2.75) is 17.9 Å². The molecule has 1 aliphatic rings. The van der Waals surface area contributed by atoms with Crippen LogP contribution in [-0.4, -0.2) is 27.0 Å². The Labute approximate surface area is 107 Å². The zero-order valence-electron chi connectivity index (χ0n) is 10.7. The highest BCUT2D eigenvalue weighted by atomic mass is 32.2. The molecule has 1 aromatic rings. The monoisotopic (exact) mass is 253 g/mol. The summed E-state index contributed by atoms with van der Waals surface area (Å²) in [5.41, 5.74) is 1.20. The lowest BCUT2D eigenvalue weighted by Crippen LogP contribution is -2.44. The van der Waals surface area contributed by atoms with Crippen LogP contribution in [0, 0.1) is 5.92 Å². The van der Waals surface area contributed by atoms with Crippen LogP contribution < -0.4 is 14.8 Å². The highest BCUT2D eigenvalue weighted by Crippen LogP contribution is 2.41. The van der Waals surface area contributed by atoms with Crippen molar-refractivity contribution in [2.75, 3.05) is 27.0 Å². The van der Waals surface area contributed by atoms with Crippen molar-refractivity contribution >= 4 is 11.8 Å². The molecule has 1 N–H and O–H groups in total. The van der Waals surface area contributed by atoms with E-state index in [0.717, 1.165) is 22.9 Å². The van der Waals surface area contributed by atoms with E-state index in [1.165, 1.54) is 5.56 Å². The Morgan fingerprint density at radius 3 is 2.35 bits per heavy atom. The van der Waals surface area contributed by atoms with Crippen LogP contribution in [0.4, 0.5) is 0 Å². The van der Waals surface area contributed by atoms with E-state index in [2.05, 4.69) is 24.4 Å². The fraction of sp³-hybridized carbons (Fsp3) is 0.538. The van der Waals surface area contributed by atoms with Gasteiger partial charge in [-0.25, -0.2) is 0 Å². The van der Waals surface area contributed by atoms with Gasteiger partial charge in [0.2, 0.25) is 0 Å². The first-order valence-corrected chi connectivity index (χ1v) is 6.97. The lowest BCUT2D eigenvalue weighted by Gasteiger charge is -2.37. The van der Waals surface area contributed by atoms with E-state index in [0.29, 0.717) is 12.0 Å². The molecule has 2 atom stereocenters. The van der Waals surface area contributed by atoms with Crippen molar-refractivity contribution in [3.05, 3.63) is 17.7 Å². The fourth-order valence-electron chi connectivity index (χ4n) is 2.18. The molecule has 0 spiro atoms. The molecule has 2 rings (SSSR count). The van der Waals surface area contributed by atoms with Gasteiger partial charge in [0.15, 0.2) is 0 Å². The molecule has 1 saturated heterocycles. The summed E-state index contributed by atoms with van der Waals surface area (Å²) >= 11 is 1.67. The number of methoxy groups -OCH3 is 2. The van der Waals surface area contributed by atoms with Gasteiger partial charge in [-0.3, -0.25) is 0 Å². The minimum atomic E-state index is 0.384. The molecule has 1 aliphatic heterocycles. The van der Waals surface area contributed by atoms with Gasteiger partial charge >= 0.3 is 0 Å². The van der Waals surface area contributed by atoms with Crippen LogP contribution in [0.15, 0.2) is 17.0 Å². The molecular formula is C13H19NO2S. The normalized spacial score (nSPS) is 23.1. The van der Waals surface area contributed by atoms with Crippen molar-refractivity contribution in [3.63, 3.8) is 0 Å². The summed E-state index contributed by atoms with van der Waals surface area (Å²) in [5.74, 6) is 2.52. The largest absolute Gasteiger partial charge is 0.496 e. The summed E-state index contributed by atoms with van der Waals surface area (Å²) in [6.07, 6.45) is 2.04. The number of thioether (sulfide) groups is 1. The van der Waals surface area contributed by atoms with E-state index < -0.39 is 0 Å². The first-order valence-electron chi connectivity index (χ1n) is 5.74. The second kappa shape index (κ2) is 5.19. The summed E-state index contributed by atoms with van der Waals surface area (Å²) < 4.78 is 10.9. The van der Waals surface area contributed by atoms with Gasteiger partial charge in [0.1, 0.15) is 11.5 Å². The van der Waals surface area contributed by atoms with E-state index >= 15 is 0 Å². The lowest BCUT2D eigenvalue weighted by atomic mass is 9.87. The van der Waals surface area contributed by atoms with Gasteiger partial charge in [-0.15, -0.1) is 11.8 Å². The van der Waals surface area contributed by atoms with Crippen molar-refractivity contribution in [3.8, 4) is 11.5 Å². The van der Waals surface area contributed by atoms with E-state index in [1.807, 2.05) is 6.26 Å². The molecule has 0 aromatic heterocycles. The number of ether oxygens (including phenoxy) is 2. The predicted molar refractivity (Wildman–Crippen MR) is 71.2 cm³/mol. The third-order valence-electron chi connectivity index (χ3n) is 3.30. The lowest BCUT2D eigenvalue weighted by molar-refractivity contribution is 0.249. The van der Waals surface area contributed by atoms with Crippen LogP contribution in [-0.2, 0) is 0 Å². The number of hydrogen-bond acceptors (Lipinski definition) is 4. The summed E-state index contributed by atoms with van der Waals surface area (Å²) in [4.78, 5) is 1.11. The maximum absolute atomic E-state index is 5.48. The Morgan fingerprint density at radius 2 is 1.94 bits per heavy atom. The minimum Gasteiger partial charge on any atom is -0.496 e. The molecule has 94 valence electrons. The Bertz CT molecular complexity index is 409. The van der Waals surface area contributed by atoms with Gasteiger partial charge in [-0.2, -0.15) is 0 Å². The smallest absolute Gasteiger partial charge is 0.133 e. The van der Waals surface area contributed by atoms with Crippen LogP contribution >= 0.6 is 11.8 Å². The summed E-state index contributed by atoms with van der Waals surface area (Å²) in [7, 11) is 3.43. The van der Waals surface area contributed by atoms with Gasteiger partial charge in [-0.05, 0) is 24.3 Å². The molecule has 17 heavy (non-hydrogen) atoms. The molecule has 3 nitrogen and oxygen atoms in total. The summed E-state index contributed by atoms with van der Waals surface area (Å²) in [6, 6.07) is 4.54. The Morgan fingerprint density at radius 1 is 1.24 bits per heavy atom. The summed E-state index contributed by atoms with van der Waals surface area (Å²) in [5, 5.41) is 3.43.